The minimum absolute atomic E-state index is 0.0810. The summed E-state index contributed by atoms with van der Waals surface area (Å²) in [5.41, 5.74) is 0.672. The number of likely N-dealkylation sites (tertiary alicyclic amines) is 1. The van der Waals surface area contributed by atoms with Crippen LogP contribution in [0.5, 0.6) is 11.5 Å². The van der Waals surface area contributed by atoms with Crippen molar-refractivity contribution in [2.75, 3.05) is 13.7 Å². The smallest absolute Gasteiger partial charge is 0.257 e. The molecule has 2 aliphatic rings. The van der Waals surface area contributed by atoms with Crippen molar-refractivity contribution < 1.29 is 14.3 Å². The second-order valence-corrected chi connectivity index (χ2v) is 7.80. The van der Waals surface area contributed by atoms with Crippen LogP contribution in [0.25, 0.3) is 0 Å². The van der Waals surface area contributed by atoms with E-state index in [1.165, 1.54) is 6.42 Å². The van der Waals surface area contributed by atoms with Crippen molar-refractivity contribution in [1.82, 2.24) is 14.7 Å². The summed E-state index contributed by atoms with van der Waals surface area (Å²) in [5.74, 6) is 2.22. The molecule has 27 heavy (non-hydrogen) atoms. The molecule has 2 heterocycles. The number of hydrogen-bond donors (Lipinski definition) is 0. The summed E-state index contributed by atoms with van der Waals surface area (Å²) in [6.45, 7) is 4.65. The molecule has 6 nitrogen and oxygen atoms in total. The highest BCUT2D eigenvalue weighted by Crippen LogP contribution is 2.43. The van der Waals surface area contributed by atoms with Crippen LogP contribution in [-0.2, 0) is 0 Å². The largest absolute Gasteiger partial charge is 0.497 e. The predicted molar refractivity (Wildman–Crippen MR) is 102 cm³/mol. The van der Waals surface area contributed by atoms with Gasteiger partial charge in [0.25, 0.3) is 5.91 Å². The number of nitrogens with zero attached hydrogens (tertiary/aromatic N) is 3. The molecule has 1 aromatic carbocycles. The number of benzene rings is 1. The maximum atomic E-state index is 13.2. The lowest BCUT2D eigenvalue weighted by Gasteiger charge is -2.35. The topological polar surface area (TPSA) is 56.6 Å². The number of rotatable bonds is 6. The zero-order chi connectivity index (χ0) is 19.0. The monoisotopic (exact) mass is 369 g/mol. The van der Waals surface area contributed by atoms with Crippen LogP contribution in [0.4, 0.5) is 0 Å². The van der Waals surface area contributed by atoms with Gasteiger partial charge in [0.05, 0.1) is 24.9 Å². The van der Waals surface area contributed by atoms with Gasteiger partial charge in [0.1, 0.15) is 18.1 Å². The standard InChI is InChI=1S/C21H27N3O3/c1-14(2)23-12-16(11-22-23)21(25)24-17-5-4-15(10-17)20(24)13-27-19-8-6-18(26-3)7-9-19/h6-9,11-12,14-15,17,20H,4-5,10,13H2,1-3H3/t15-,17-,20-/m1/s1. The first kappa shape index (κ1) is 17.9. The first-order chi connectivity index (χ1) is 13.1. The molecule has 2 fully saturated rings. The Labute approximate surface area is 160 Å². The van der Waals surface area contributed by atoms with Crippen molar-refractivity contribution in [2.45, 2.75) is 51.2 Å². The Hall–Kier alpha value is -2.50. The molecule has 1 saturated heterocycles. The number of ether oxygens (including phenoxy) is 2. The molecule has 1 aromatic heterocycles. The maximum absolute atomic E-state index is 13.2. The Morgan fingerprint density at radius 1 is 1.22 bits per heavy atom. The highest BCUT2D eigenvalue weighted by atomic mass is 16.5. The van der Waals surface area contributed by atoms with E-state index in [0.717, 1.165) is 24.3 Å². The third-order valence-corrected chi connectivity index (χ3v) is 5.83. The highest BCUT2D eigenvalue weighted by Gasteiger charge is 2.48. The number of fused-ring (bicyclic) bond motifs is 2. The van der Waals surface area contributed by atoms with Crippen LogP contribution in [-0.4, -0.2) is 46.4 Å². The van der Waals surface area contributed by atoms with Crippen molar-refractivity contribution in [3.8, 4) is 11.5 Å². The fourth-order valence-corrected chi connectivity index (χ4v) is 4.36. The zero-order valence-corrected chi connectivity index (χ0v) is 16.2. The van der Waals surface area contributed by atoms with E-state index in [-0.39, 0.29) is 18.0 Å². The van der Waals surface area contributed by atoms with Crippen molar-refractivity contribution in [2.24, 2.45) is 5.92 Å². The van der Waals surface area contributed by atoms with Crippen LogP contribution >= 0.6 is 0 Å². The van der Waals surface area contributed by atoms with Gasteiger partial charge in [-0.15, -0.1) is 0 Å². The average Bonchev–Trinajstić information content (AvgIpc) is 3.41. The molecule has 1 aliphatic heterocycles. The van der Waals surface area contributed by atoms with Gasteiger partial charge in [-0.1, -0.05) is 0 Å². The van der Waals surface area contributed by atoms with Gasteiger partial charge in [-0.05, 0) is 63.3 Å². The molecular formula is C21H27N3O3. The minimum atomic E-state index is 0.0810. The minimum Gasteiger partial charge on any atom is -0.497 e. The summed E-state index contributed by atoms with van der Waals surface area (Å²) in [6.07, 6.45) is 6.90. The fraction of sp³-hybridized carbons (Fsp3) is 0.524. The van der Waals surface area contributed by atoms with E-state index in [1.807, 2.05) is 35.1 Å². The summed E-state index contributed by atoms with van der Waals surface area (Å²) < 4.78 is 13.1. The van der Waals surface area contributed by atoms with Crippen LogP contribution in [0.2, 0.25) is 0 Å². The number of carbonyl (C=O) groups is 1. The molecule has 3 atom stereocenters. The fourth-order valence-electron chi connectivity index (χ4n) is 4.36. The Bertz CT molecular complexity index is 799. The summed E-state index contributed by atoms with van der Waals surface area (Å²) in [7, 11) is 1.65. The Morgan fingerprint density at radius 3 is 2.63 bits per heavy atom. The predicted octanol–water partition coefficient (Wildman–Crippen LogP) is 3.54. The molecule has 0 N–H and O–H groups in total. The molecule has 0 spiro atoms. The van der Waals surface area contributed by atoms with E-state index in [1.54, 1.807) is 13.3 Å². The molecule has 6 heteroatoms. The first-order valence-electron chi connectivity index (χ1n) is 9.70. The summed E-state index contributed by atoms with van der Waals surface area (Å²) in [5, 5.41) is 4.33. The van der Waals surface area contributed by atoms with Crippen LogP contribution in [0.15, 0.2) is 36.7 Å². The first-order valence-corrected chi connectivity index (χ1v) is 9.70. The van der Waals surface area contributed by atoms with Gasteiger partial charge in [-0.2, -0.15) is 5.10 Å². The summed E-state index contributed by atoms with van der Waals surface area (Å²) >= 11 is 0. The van der Waals surface area contributed by atoms with E-state index in [4.69, 9.17) is 9.47 Å². The van der Waals surface area contributed by atoms with Crippen molar-refractivity contribution in [3.05, 3.63) is 42.2 Å². The van der Waals surface area contributed by atoms with Gasteiger partial charge in [0.2, 0.25) is 0 Å². The summed E-state index contributed by atoms with van der Waals surface area (Å²) in [4.78, 5) is 15.2. The molecule has 4 rings (SSSR count). The van der Waals surface area contributed by atoms with Crippen LogP contribution in [0.1, 0.15) is 49.5 Å². The van der Waals surface area contributed by atoms with Gasteiger partial charge >= 0.3 is 0 Å². The molecule has 2 bridgehead atoms. The Morgan fingerprint density at radius 2 is 1.96 bits per heavy atom. The van der Waals surface area contributed by atoms with E-state index in [9.17, 15) is 4.79 Å². The van der Waals surface area contributed by atoms with E-state index >= 15 is 0 Å². The molecule has 0 radical (unpaired) electrons. The number of methoxy groups -OCH3 is 1. The van der Waals surface area contributed by atoms with E-state index in [0.29, 0.717) is 24.1 Å². The SMILES string of the molecule is COc1ccc(OC[C@@H]2[C@@H]3CC[C@H](C3)N2C(=O)c2cnn(C(C)C)c2)cc1. The lowest BCUT2D eigenvalue weighted by Crippen LogP contribution is -2.47. The molecule has 1 amide bonds. The van der Waals surface area contributed by atoms with Crippen LogP contribution in [0.3, 0.4) is 0 Å². The zero-order valence-electron chi connectivity index (χ0n) is 16.2. The lowest BCUT2D eigenvalue weighted by molar-refractivity contribution is 0.0505. The molecule has 2 aromatic rings. The number of hydrogen-bond acceptors (Lipinski definition) is 4. The van der Waals surface area contributed by atoms with Crippen molar-refractivity contribution in [3.63, 3.8) is 0 Å². The van der Waals surface area contributed by atoms with Gasteiger partial charge in [-0.25, -0.2) is 0 Å². The van der Waals surface area contributed by atoms with Crippen LogP contribution in [0, 0.1) is 5.92 Å². The normalized spacial score (nSPS) is 23.9. The van der Waals surface area contributed by atoms with Gasteiger partial charge in [-0.3, -0.25) is 9.48 Å². The third kappa shape index (κ3) is 3.40. The van der Waals surface area contributed by atoms with Gasteiger partial charge in [0.15, 0.2) is 0 Å². The van der Waals surface area contributed by atoms with E-state index in [2.05, 4.69) is 23.8 Å². The lowest BCUT2D eigenvalue weighted by atomic mass is 9.99. The number of amides is 1. The number of aromatic nitrogens is 2. The van der Waals surface area contributed by atoms with Gasteiger partial charge in [0, 0.05) is 18.3 Å². The number of carbonyl (C=O) groups excluding carboxylic acids is 1. The Kier molecular flexibility index (Phi) is 4.81. The maximum Gasteiger partial charge on any atom is 0.257 e. The van der Waals surface area contributed by atoms with Crippen molar-refractivity contribution in [1.29, 1.82) is 0 Å². The molecule has 144 valence electrons. The second kappa shape index (κ2) is 7.25. The van der Waals surface area contributed by atoms with Crippen molar-refractivity contribution >= 4 is 5.91 Å². The molecule has 1 saturated carbocycles. The molecule has 0 unspecified atom stereocenters. The van der Waals surface area contributed by atoms with E-state index < -0.39 is 0 Å². The molecular weight excluding hydrogens is 342 g/mol. The number of piperidine rings is 1. The highest BCUT2D eigenvalue weighted by molar-refractivity contribution is 5.94. The second-order valence-electron chi connectivity index (χ2n) is 7.80. The van der Waals surface area contributed by atoms with Crippen LogP contribution < -0.4 is 9.47 Å². The summed E-state index contributed by atoms with van der Waals surface area (Å²) in [6, 6.07) is 8.29. The molecule has 1 aliphatic carbocycles. The van der Waals surface area contributed by atoms with Gasteiger partial charge < -0.3 is 14.4 Å². The third-order valence-electron chi connectivity index (χ3n) is 5.83. The quantitative estimate of drug-likeness (QED) is 0.781. The Balaban J connectivity index is 1.47. The average molecular weight is 369 g/mol.